The number of hydrogen-bond donors (Lipinski definition) is 3. The molecule has 0 unspecified atom stereocenters. The van der Waals surface area contributed by atoms with Gasteiger partial charge in [-0.3, -0.25) is 0 Å². The van der Waals surface area contributed by atoms with Gasteiger partial charge >= 0.3 is 150 Å². The van der Waals surface area contributed by atoms with E-state index in [2.05, 4.69) is 31.0 Å². The summed E-state index contributed by atoms with van der Waals surface area (Å²) in [5.41, 5.74) is 0.983. The number of nitrogens with zero attached hydrogens (tertiary/aromatic N) is 4. The molecule has 1 radical (unpaired) electrons. The van der Waals surface area contributed by atoms with Crippen molar-refractivity contribution in [3.63, 3.8) is 0 Å². The fraction of sp³-hybridized carbons (Fsp3) is 0.400. The SMILES string of the molecule is OC[C@H]1O[C-](n2cnc3c([Se])ncnc32)[C@H](O)[C@@H]1O.[Cl][Pt][Cl]. The molecule has 0 spiro atoms. The molecule has 12 heteroatoms. The number of aliphatic hydroxyl groups is 3. The van der Waals surface area contributed by atoms with Crippen LogP contribution < -0.4 is 4.59 Å². The molecule has 3 N–H and O–H groups in total. The Hall–Kier alpha value is 0.0478. The minimum absolute atomic E-state index is 0.0900. The van der Waals surface area contributed by atoms with Crippen LogP contribution in [0.2, 0.25) is 0 Å². The van der Waals surface area contributed by atoms with Gasteiger partial charge in [0.1, 0.15) is 0 Å². The molecule has 0 aliphatic carbocycles. The Bertz CT molecular complexity index is 636. The van der Waals surface area contributed by atoms with E-state index in [0.717, 1.165) is 0 Å². The third-order valence-electron chi connectivity index (χ3n) is 2.95. The topological polar surface area (TPSA) is 114 Å². The Morgan fingerprint density at radius 3 is 2.64 bits per heavy atom. The van der Waals surface area contributed by atoms with Crippen molar-refractivity contribution < 1.29 is 36.5 Å². The van der Waals surface area contributed by atoms with Crippen molar-refractivity contribution in [2.24, 2.45) is 0 Å². The molecule has 0 bridgehead atoms. The van der Waals surface area contributed by atoms with Crippen molar-refractivity contribution in [3.05, 3.63) is 18.9 Å². The summed E-state index contributed by atoms with van der Waals surface area (Å²) in [5, 5.41) is 28.7. The van der Waals surface area contributed by atoms with Crippen LogP contribution in [0.3, 0.4) is 0 Å². The number of aromatic nitrogens is 4. The van der Waals surface area contributed by atoms with E-state index in [4.69, 9.17) is 28.7 Å². The van der Waals surface area contributed by atoms with Gasteiger partial charge in [0.15, 0.2) is 0 Å². The van der Waals surface area contributed by atoms with Crippen LogP contribution in [0.5, 0.6) is 0 Å². The first-order chi connectivity index (χ1) is 10.5. The maximum absolute atomic E-state index is 9.94. The van der Waals surface area contributed by atoms with Crippen LogP contribution in [0.15, 0.2) is 12.7 Å². The number of fused-ring (bicyclic) bond motifs is 1. The molecule has 2 aromatic heterocycles. The van der Waals surface area contributed by atoms with Gasteiger partial charge in [0.05, 0.1) is 0 Å². The van der Waals surface area contributed by atoms with Gasteiger partial charge in [0.2, 0.25) is 0 Å². The van der Waals surface area contributed by atoms with Gasteiger partial charge in [-0.2, -0.15) is 0 Å². The van der Waals surface area contributed by atoms with Crippen LogP contribution in [-0.2, 0) is 21.2 Å². The van der Waals surface area contributed by atoms with E-state index in [1.807, 2.05) is 0 Å². The van der Waals surface area contributed by atoms with Crippen molar-refractivity contribution in [1.29, 1.82) is 0 Å². The van der Waals surface area contributed by atoms with E-state index in [1.165, 1.54) is 17.2 Å². The van der Waals surface area contributed by atoms with Crippen molar-refractivity contribution in [3.8, 4) is 0 Å². The summed E-state index contributed by atoms with van der Waals surface area (Å²) in [4.78, 5) is 12.2. The monoisotopic (exact) mass is 595 g/mol. The minimum atomic E-state index is -1.24. The molecule has 0 saturated carbocycles. The van der Waals surface area contributed by atoms with Gasteiger partial charge in [0, 0.05) is 0 Å². The number of rotatable bonds is 2. The fourth-order valence-electron chi connectivity index (χ4n) is 1.96. The van der Waals surface area contributed by atoms with Gasteiger partial charge < -0.3 is 0 Å². The second-order valence-corrected chi connectivity index (χ2v) is 8.22. The van der Waals surface area contributed by atoms with Crippen molar-refractivity contribution in [1.82, 2.24) is 19.5 Å². The predicted octanol–water partition coefficient (Wildman–Crippen LogP) is -1.55. The first-order valence-electron chi connectivity index (χ1n) is 5.73. The molecular weight excluding hydrogens is 585 g/mol. The number of hydrogen-bond acceptors (Lipinski definition) is 7. The first kappa shape index (κ1) is 18.4. The molecule has 125 valence electrons. The second-order valence-electron chi connectivity index (χ2n) is 4.12. The second kappa shape index (κ2) is 8.24. The summed E-state index contributed by atoms with van der Waals surface area (Å²) in [6, 6.07) is 0. The van der Waals surface area contributed by atoms with E-state index in [1.54, 1.807) is 0 Å². The third kappa shape index (κ3) is 3.58. The summed E-state index contributed by atoms with van der Waals surface area (Å²) >= 11 is 2.29. The summed E-state index contributed by atoms with van der Waals surface area (Å²) in [6.45, 7) is -0.393. The molecular formula is C10H10Cl2N4O4PtSe-. The van der Waals surface area contributed by atoms with Crippen LogP contribution in [-0.4, -0.2) is 75.8 Å². The molecule has 1 saturated heterocycles. The molecule has 0 aromatic carbocycles. The molecule has 3 heterocycles. The van der Waals surface area contributed by atoms with Crippen LogP contribution in [0.25, 0.3) is 11.2 Å². The van der Waals surface area contributed by atoms with E-state index in [0.29, 0.717) is 15.8 Å². The molecule has 1 fully saturated rings. The van der Waals surface area contributed by atoms with Crippen molar-refractivity contribution in [2.75, 3.05) is 6.61 Å². The fourth-order valence-corrected chi connectivity index (χ4v) is 2.36. The zero-order valence-electron chi connectivity index (χ0n) is 10.6. The standard InChI is InChI=1S/C10H10N4O4Se.2ClH.Pt/c15-1-4-6(16)7(17)10(18-4)14-3-13-5-8(14)11-2-12-9(5)19;;;/h2-4,6-7,15-17H,1H2;2*1H;/q-1;;;+2/p-2/t4-,6-,7-;;;/m1.../s1. The Morgan fingerprint density at radius 2 is 2.05 bits per heavy atom. The molecule has 1 aliphatic heterocycles. The molecule has 3 atom stereocenters. The summed E-state index contributed by atoms with van der Waals surface area (Å²) in [7, 11) is 9.75. The van der Waals surface area contributed by atoms with Gasteiger partial charge in [-0.05, 0) is 0 Å². The zero-order chi connectivity index (χ0) is 16.3. The van der Waals surface area contributed by atoms with Gasteiger partial charge in [-0.1, -0.05) is 0 Å². The van der Waals surface area contributed by atoms with E-state index in [-0.39, 0.29) is 6.23 Å². The van der Waals surface area contributed by atoms with E-state index < -0.39 is 41.4 Å². The molecule has 8 nitrogen and oxygen atoms in total. The maximum atomic E-state index is 9.94. The van der Waals surface area contributed by atoms with Crippen LogP contribution in [0.4, 0.5) is 0 Å². The Labute approximate surface area is 150 Å². The van der Waals surface area contributed by atoms with Crippen molar-refractivity contribution in [2.45, 2.75) is 18.3 Å². The van der Waals surface area contributed by atoms with Crippen molar-refractivity contribution >= 4 is 50.6 Å². The van der Waals surface area contributed by atoms with Crippen LogP contribution in [0.1, 0.15) is 0 Å². The number of ether oxygens (including phenoxy) is 1. The Morgan fingerprint density at radius 1 is 1.36 bits per heavy atom. The molecule has 2 aromatic rings. The summed E-state index contributed by atoms with van der Waals surface area (Å²) in [6.07, 6.45) is -0.427. The third-order valence-corrected chi connectivity index (χ3v) is 3.57. The van der Waals surface area contributed by atoms with E-state index in [9.17, 15) is 10.2 Å². The van der Waals surface area contributed by atoms with Crippen LogP contribution >= 0.6 is 18.8 Å². The quantitative estimate of drug-likeness (QED) is 0.285. The average molecular weight is 595 g/mol. The molecule has 22 heavy (non-hydrogen) atoms. The number of imidazole rings is 1. The zero-order valence-corrected chi connectivity index (χ0v) is 16.1. The molecule has 1 aliphatic rings. The molecule has 3 rings (SSSR count). The van der Waals surface area contributed by atoms with Gasteiger partial charge in [0.25, 0.3) is 0 Å². The van der Waals surface area contributed by atoms with Gasteiger partial charge in [-0.25, -0.2) is 0 Å². The number of aliphatic hydroxyl groups excluding tert-OH is 3. The molecule has 0 amide bonds. The number of halogens is 2. The predicted molar refractivity (Wildman–Crippen MR) is 75.0 cm³/mol. The normalized spacial score (nSPS) is 24.6. The summed E-state index contributed by atoms with van der Waals surface area (Å²) < 4.78 is 7.36. The van der Waals surface area contributed by atoms with E-state index >= 15 is 0 Å². The Balaban J connectivity index is 0.000000545. The average Bonchev–Trinajstić information content (AvgIpc) is 3.04. The summed E-state index contributed by atoms with van der Waals surface area (Å²) in [5.74, 6) is 0. The van der Waals surface area contributed by atoms with Gasteiger partial charge in [-0.15, -0.1) is 0 Å². The Kier molecular flexibility index (Phi) is 6.88. The first-order valence-corrected chi connectivity index (χ1v) is 12.2. The van der Waals surface area contributed by atoms with Crippen LogP contribution in [0, 0.1) is 6.23 Å².